The largest absolute Gasteiger partial charge is 0.423 e. The van der Waals surface area contributed by atoms with E-state index in [2.05, 4.69) is 13.0 Å². The first kappa shape index (κ1) is 15.7. The molecule has 23 heavy (non-hydrogen) atoms. The van der Waals surface area contributed by atoms with Gasteiger partial charge in [-0.3, -0.25) is 4.79 Å². The van der Waals surface area contributed by atoms with E-state index in [4.69, 9.17) is 10.2 Å². The van der Waals surface area contributed by atoms with Gasteiger partial charge in [0.2, 0.25) is 5.91 Å². The lowest BCUT2D eigenvalue weighted by Gasteiger charge is -2.28. The third-order valence-electron chi connectivity index (χ3n) is 4.91. The van der Waals surface area contributed by atoms with Crippen molar-refractivity contribution in [3.63, 3.8) is 0 Å². The second kappa shape index (κ2) is 6.16. The van der Waals surface area contributed by atoms with Crippen LogP contribution >= 0.6 is 0 Å². The predicted octanol–water partition coefficient (Wildman–Crippen LogP) is 0.690. The number of aryl methyl sites for hydroxylation is 2. The summed E-state index contributed by atoms with van der Waals surface area (Å²) in [5.74, 6) is -0.278. The Kier molecular flexibility index (Phi) is 4.22. The topological polar surface area (TPSA) is 77.7 Å². The second-order valence-electron chi connectivity index (χ2n) is 6.65. The highest BCUT2D eigenvalue weighted by Gasteiger charge is 2.27. The summed E-state index contributed by atoms with van der Waals surface area (Å²) in [6.07, 6.45) is 1.86. The summed E-state index contributed by atoms with van der Waals surface area (Å²) in [7, 11) is 0. The van der Waals surface area contributed by atoms with Crippen LogP contribution in [0.2, 0.25) is 0 Å². The fourth-order valence-corrected chi connectivity index (χ4v) is 3.45. The molecular weight excluding hydrogens is 292 g/mol. The number of carbonyl (C=O) groups excluding carboxylic acids is 1. The van der Waals surface area contributed by atoms with Crippen LogP contribution < -0.4 is 16.3 Å². The van der Waals surface area contributed by atoms with Gasteiger partial charge in [0.15, 0.2) is 0 Å². The van der Waals surface area contributed by atoms with Crippen LogP contribution in [0.3, 0.4) is 0 Å². The fourth-order valence-electron chi connectivity index (χ4n) is 3.45. The molecule has 1 fully saturated rings. The number of rotatable bonds is 3. The normalized spacial score (nSPS) is 21.5. The number of amides is 1. The average Bonchev–Trinajstić information content (AvgIpc) is 2.49. The number of benzene rings is 1. The molecule has 2 aromatic rings. The molecule has 2 heterocycles. The number of piperidine rings is 1. The highest BCUT2D eigenvalue weighted by molar-refractivity contribution is 5.81. The van der Waals surface area contributed by atoms with Gasteiger partial charge in [-0.25, -0.2) is 4.79 Å². The van der Waals surface area contributed by atoms with Gasteiger partial charge in [-0.2, -0.15) is 0 Å². The quantitative estimate of drug-likeness (QED) is 0.818. The van der Waals surface area contributed by atoms with E-state index in [9.17, 15) is 9.59 Å². The Bertz CT molecular complexity index is 810. The van der Waals surface area contributed by atoms with E-state index in [1.54, 1.807) is 6.07 Å². The summed E-state index contributed by atoms with van der Waals surface area (Å²) in [4.78, 5) is 24.6. The third-order valence-corrected chi connectivity index (χ3v) is 4.91. The van der Waals surface area contributed by atoms with Crippen molar-refractivity contribution in [3.05, 3.63) is 45.3 Å². The van der Waals surface area contributed by atoms with Crippen LogP contribution in [0.5, 0.6) is 0 Å². The van der Waals surface area contributed by atoms with Crippen LogP contribution in [-0.4, -0.2) is 19.0 Å². The van der Waals surface area contributed by atoms with Crippen molar-refractivity contribution >= 4 is 16.9 Å². The predicted molar refractivity (Wildman–Crippen MR) is 88.3 cm³/mol. The van der Waals surface area contributed by atoms with E-state index < -0.39 is 0 Å². The summed E-state index contributed by atoms with van der Waals surface area (Å²) in [5.41, 5.74) is 9.04. The molecule has 0 aliphatic carbocycles. The number of hydrogen-bond acceptors (Lipinski definition) is 3. The maximum absolute atomic E-state index is 11.9. The lowest BCUT2D eigenvalue weighted by atomic mass is 9.96. The number of quaternary nitrogens is 1. The molecule has 2 atom stereocenters. The summed E-state index contributed by atoms with van der Waals surface area (Å²) in [6, 6.07) is 5.59. The van der Waals surface area contributed by atoms with Gasteiger partial charge in [-0.1, -0.05) is 0 Å². The number of primary amides is 1. The summed E-state index contributed by atoms with van der Waals surface area (Å²) in [6.45, 7) is 6.52. The smallest absolute Gasteiger partial charge is 0.336 e. The van der Waals surface area contributed by atoms with Crippen LogP contribution in [0.15, 0.2) is 27.4 Å². The van der Waals surface area contributed by atoms with Crippen molar-refractivity contribution in [2.45, 2.75) is 33.2 Å². The maximum Gasteiger partial charge on any atom is 0.336 e. The number of likely N-dealkylation sites (tertiary alicyclic amines) is 1. The minimum atomic E-state index is -0.321. The molecule has 1 aliphatic heterocycles. The zero-order chi connectivity index (χ0) is 16.6. The minimum absolute atomic E-state index is 0.0610. The molecule has 1 amide bonds. The molecule has 5 heteroatoms. The van der Waals surface area contributed by atoms with Crippen molar-refractivity contribution in [1.29, 1.82) is 0 Å². The standard InChI is InChI=1S/C18H22N2O3/c1-11-6-15-14(8-17(21)23-16(15)7-12(11)2)10-20-5-3-4-13(9-20)18(19)22/h6-8,13H,3-5,9-10H2,1-2H3,(H2,19,22)/p+1/t13-/m0/s1. The van der Waals surface area contributed by atoms with Crippen LogP contribution in [0.25, 0.3) is 11.0 Å². The van der Waals surface area contributed by atoms with Crippen molar-refractivity contribution in [2.24, 2.45) is 11.7 Å². The highest BCUT2D eigenvalue weighted by Crippen LogP contribution is 2.21. The highest BCUT2D eigenvalue weighted by atomic mass is 16.4. The molecule has 0 radical (unpaired) electrons. The molecular formula is C18H23N2O3+. The van der Waals surface area contributed by atoms with Crippen LogP contribution in [-0.2, 0) is 11.3 Å². The Balaban J connectivity index is 1.94. The molecule has 1 aromatic carbocycles. The van der Waals surface area contributed by atoms with E-state index in [-0.39, 0.29) is 17.5 Å². The summed E-state index contributed by atoms with van der Waals surface area (Å²) < 4.78 is 5.35. The fraction of sp³-hybridized carbons (Fsp3) is 0.444. The molecule has 3 N–H and O–H groups in total. The number of hydrogen-bond donors (Lipinski definition) is 2. The number of fused-ring (bicyclic) bond motifs is 1. The van der Waals surface area contributed by atoms with Gasteiger partial charge in [0.25, 0.3) is 0 Å². The zero-order valence-corrected chi connectivity index (χ0v) is 13.6. The van der Waals surface area contributed by atoms with E-state index in [1.165, 1.54) is 10.5 Å². The molecule has 5 nitrogen and oxygen atoms in total. The van der Waals surface area contributed by atoms with Crippen molar-refractivity contribution in [1.82, 2.24) is 0 Å². The molecule has 3 rings (SSSR count). The van der Waals surface area contributed by atoms with Gasteiger partial charge in [0.05, 0.1) is 19.0 Å². The Morgan fingerprint density at radius 2 is 2.04 bits per heavy atom. The zero-order valence-electron chi connectivity index (χ0n) is 13.6. The van der Waals surface area contributed by atoms with E-state index in [0.717, 1.165) is 42.4 Å². The first-order valence-corrected chi connectivity index (χ1v) is 8.11. The van der Waals surface area contributed by atoms with Crippen molar-refractivity contribution in [2.75, 3.05) is 13.1 Å². The van der Waals surface area contributed by atoms with Gasteiger partial charge < -0.3 is 15.1 Å². The first-order valence-electron chi connectivity index (χ1n) is 8.11. The minimum Gasteiger partial charge on any atom is -0.423 e. The Hall–Kier alpha value is -2.14. The molecule has 1 saturated heterocycles. The number of nitrogens with one attached hydrogen (secondary N) is 1. The molecule has 0 bridgehead atoms. The van der Waals surface area contributed by atoms with E-state index in [1.807, 2.05) is 13.0 Å². The monoisotopic (exact) mass is 315 g/mol. The van der Waals surface area contributed by atoms with Gasteiger partial charge in [0.1, 0.15) is 12.1 Å². The second-order valence-corrected chi connectivity index (χ2v) is 6.65. The molecule has 0 saturated carbocycles. The molecule has 1 aromatic heterocycles. The first-order chi connectivity index (χ1) is 10.9. The van der Waals surface area contributed by atoms with Gasteiger partial charge in [-0.05, 0) is 49.9 Å². The van der Waals surface area contributed by atoms with Crippen molar-refractivity contribution < 1.29 is 14.1 Å². The Morgan fingerprint density at radius 1 is 1.30 bits per heavy atom. The summed E-state index contributed by atoms with van der Waals surface area (Å²) in [5, 5.41) is 0.987. The van der Waals surface area contributed by atoms with Gasteiger partial charge >= 0.3 is 5.63 Å². The molecule has 1 aliphatic rings. The maximum atomic E-state index is 11.9. The van der Waals surface area contributed by atoms with Crippen LogP contribution in [0, 0.1) is 19.8 Å². The van der Waals surface area contributed by atoms with E-state index in [0.29, 0.717) is 12.1 Å². The van der Waals surface area contributed by atoms with Crippen LogP contribution in [0.1, 0.15) is 29.5 Å². The lowest BCUT2D eigenvalue weighted by molar-refractivity contribution is -0.920. The average molecular weight is 315 g/mol. The Morgan fingerprint density at radius 3 is 2.78 bits per heavy atom. The van der Waals surface area contributed by atoms with E-state index >= 15 is 0 Å². The SMILES string of the molecule is Cc1cc2oc(=O)cc(C[NH+]3CCC[C@H](C(N)=O)C3)c2cc1C. The molecule has 122 valence electrons. The molecule has 1 unspecified atom stereocenters. The van der Waals surface area contributed by atoms with Gasteiger partial charge in [0, 0.05) is 17.0 Å². The molecule has 0 spiro atoms. The van der Waals surface area contributed by atoms with Crippen molar-refractivity contribution in [3.8, 4) is 0 Å². The van der Waals surface area contributed by atoms with Gasteiger partial charge in [-0.15, -0.1) is 0 Å². The number of carbonyl (C=O) groups is 1. The Labute approximate surface area is 135 Å². The summed E-state index contributed by atoms with van der Waals surface area (Å²) >= 11 is 0. The van der Waals surface area contributed by atoms with Crippen LogP contribution in [0.4, 0.5) is 0 Å². The number of nitrogens with two attached hydrogens (primary N) is 1. The lowest BCUT2D eigenvalue weighted by Crippen LogP contribution is -3.12. The third kappa shape index (κ3) is 3.29.